The van der Waals surface area contributed by atoms with Crippen LogP contribution in [0.1, 0.15) is 16.8 Å². The number of fused-ring (bicyclic) bond motifs is 1. The maximum Gasteiger partial charge on any atom is 0.387 e. The zero-order valence-electron chi connectivity index (χ0n) is 15.2. The van der Waals surface area contributed by atoms with Crippen molar-refractivity contribution in [3.63, 3.8) is 0 Å². The average molecular weight is 410 g/mol. The Labute approximate surface area is 165 Å². The minimum atomic E-state index is -2.88. The molecule has 0 saturated carbocycles. The summed E-state index contributed by atoms with van der Waals surface area (Å²) in [7, 11) is 1.50. The zero-order valence-corrected chi connectivity index (χ0v) is 16.0. The summed E-state index contributed by atoms with van der Waals surface area (Å²) in [5, 5.41) is 10.5. The van der Waals surface area contributed by atoms with Gasteiger partial charge in [-0.25, -0.2) is 0 Å². The fraction of sp³-hybridized carbons (Fsp3) is 0.250. The molecule has 1 aromatic heterocycles. The van der Waals surface area contributed by atoms with Crippen LogP contribution in [0.15, 0.2) is 36.4 Å². The number of rotatable bonds is 7. The minimum absolute atomic E-state index is 0.0761. The van der Waals surface area contributed by atoms with Gasteiger partial charge in [0.05, 0.1) is 24.1 Å². The second kappa shape index (κ2) is 8.06. The van der Waals surface area contributed by atoms with Crippen molar-refractivity contribution in [2.45, 2.75) is 26.5 Å². The van der Waals surface area contributed by atoms with Crippen LogP contribution in [0.3, 0.4) is 0 Å². The molecule has 1 heterocycles. The van der Waals surface area contributed by atoms with Crippen molar-refractivity contribution in [2.24, 2.45) is 0 Å². The van der Waals surface area contributed by atoms with E-state index >= 15 is 0 Å². The molecule has 0 saturated heterocycles. The summed E-state index contributed by atoms with van der Waals surface area (Å²) in [6.07, 6.45) is -0.138. The zero-order chi connectivity index (χ0) is 20.4. The van der Waals surface area contributed by atoms with E-state index in [9.17, 15) is 18.7 Å². The molecular formula is C20H18ClF2NO4. The lowest BCUT2D eigenvalue weighted by atomic mass is 10.1. The summed E-state index contributed by atoms with van der Waals surface area (Å²) in [6, 6.07) is 9.78. The molecule has 0 radical (unpaired) electrons. The van der Waals surface area contributed by atoms with Crippen molar-refractivity contribution in [2.75, 3.05) is 7.11 Å². The first-order chi connectivity index (χ1) is 13.3. The second-order valence-electron chi connectivity index (χ2n) is 6.25. The molecule has 0 aliphatic carbocycles. The van der Waals surface area contributed by atoms with E-state index in [-0.39, 0.29) is 12.2 Å². The summed E-state index contributed by atoms with van der Waals surface area (Å²) in [5.74, 6) is -0.400. The molecule has 0 spiro atoms. The van der Waals surface area contributed by atoms with Gasteiger partial charge in [0, 0.05) is 17.6 Å². The minimum Gasteiger partial charge on any atom is -0.495 e. The van der Waals surface area contributed by atoms with Crippen molar-refractivity contribution < 1.29 is 28.2 Å². The number of carboxylic acid groups (broad SMARTS) is 1. The molecule has 0 amide bonds. The van der Waals surface area contributed by atoms with Crippen LogP contribution >= 0.6 is 11.6 Å². The molecule has 0 aliphatic heterocycles. The van der Waals surface area contributed by atoms with Crippen LogP contribution in [0.5, 0.6) is 11.5 Å². The molecule has 8 heteroatoms. The van der Waals surface area contributed by atoms with Gasteiger partial charge in [0.15, 0.2) is 0 Å². The lowest BCUT2D eigenvalue weighted by Crippen LogP contribution is -2.05. The molecule has 0 unspecified atom stereocenters. The molecule has 0 atom stereocenters. The molecule has 5 nitrogen and oxygen atoms in total. The summed E-state index contributed by atoms with van der Waals surface area (Å²) < 4.78 is 36.2. The number of benzene rings is 2. The Morgan fingerprint density at radius 1 is 1.25 bits per heavy atom. The molecule has 0 fully saturated rings. The van der Waals surface area contributed by atoms with Gasteiger partial charge < -0.3 is 19.1 Å². The lowest BCUT2D eigenvalue weighted by molar-refractivity contribution is -0.136. The molecule has 3 aromatic rings. The molecule has 148 valence electrons. The van der Waals surface area contributed by atoms with E-state index in [4.69, 9.17) is 16.3 Å². The van der Waals surface area contributed by atoms with Crippen molar-refractivity contribution in [1.82, 2.24) is 4.57 Å². The number of hydrogen-bond acceptors (Lipinski definition) is 3. The summed E-state index contributed by atoms with van der Waals surface area (Å²) in [5.41, 5.74) is 3.08. The number of methoxy groups -OCH3 is 1. The van der Waals surface area contributed by atoms with Gasteiger partial charge in [-0.05, 0) is 42.3 Å². The monoisotopic (exact) mass is 409 g/mol. The van der Waals surface area contributed by atoms with Crippen LogP contribution in [0, 0.1) is 6.92 Å². The maximum atomic E-state index is 12.3. The highest BCUT2D eigenvalue weighted by molar-refractivity contribution is 6.32. The Kier molecular flexibility index (Phi) is 5.74. The molecule has 2 aromatic carbocycles. The number of aromatic nitrogens is 1. The highest BCUT2D eigenvalue weighted by Gasteiger charge is 2.19. The normalized spacial score (nSPS) is 11.2. The lowest BCUT2D eigenvalue weighted by Gasteiger charge is -2.11. The molecule has 1 N–H and O–H groups in total. The van der Waals surface area contributed by atoms with E-state index in [1.807, 2.05) is 11.5 Å². The maximum absolute atomic E-state index is 12.3. The first-order valence-electron chi connectivity index (χ1n) is 8.41. The summed E-state index contributed by atoms with van der Waals surface area (Å²) in [6.45, 7) is -0.621. The van der Waals surface area contributed by atoms with E-state index < -0.39 is 12.6 Å². The van der Waals surface area contributed by atoms with Gasteiger partial charge in [0.25, 0.3) is 0 Å². The van der Waals surface area contributed by atoms with Crippen molar-refractivity contribution in [3.05, 3.63) is 58.2 Å². The fourth-order valence-corrected chi connectivity index (χ4v) is 3.47. The Balaban J connectivity index is 2.05. The van der Waals surface area contributed by atoms with Gasteiger partial charge in [-0.2, -0.15) is 8.78 Å². The Morgan fingerprint density at radius 3 is 2.50 bits per heavy atom. The smallest absolute Gasteiger partial charge is 0.387 e. The van der Waals surface area contributed by atoms with Crippen LogP contribution in [-0.2, 0) is 17.8 Å². The van der Waals surface area contributed by atoms with Gasteiger partial charge in [-0.15, -0.1) is 0 Å². The third-order valence-electron chi connectivity index (χ3n) is 4.54. The predicted molar refractivity (Wildman–Crippen MR) is 102 cm³/mol. The van der Waals surface area contributed by atoms with E-state index in [1.165, 1.54) is 19.2 Å². The highest BCUT2D eigenvalue weighted by Crippen LogP contribution is 2.35. The molecule has 0 bridgehead atoms. The average Bonchev–Trinajstić information content (AvgIpc) is 2.86. The van der Waals surface area contributed by atoms with E-state index in [0.717, 1.165) is 22.2 Å². The number of aliphatic carboxylic acids is 1. The number of ether oxygens (including phenoxy) is 2. The third-order valence-corrected chi connectivity index (χ3v) is 4.84. The van der Waals surface area contributed by atoms with Crippen LogP contribution in [0.2, 0.25) is 5.02 Å². The fourth-order valence-electron chi connectivity index (χ4n) is 3.24. The third kappa shape index (κ3) is 4.04. The first kappa shape index (κ1) is 19.9. The molecule has 0 aliphatic rings. The Morgan fingerprint density at radius 2 is 1.93 bits per heavy atom. The van der Waals surface area contributed by atoms with Crippen molar-refractivity contribution in [1.29, 1.82) is 0 Å². The number of alkyl halides is 2. The van der Waals surface area contributed by atoms with E-state index in [1.54, 1.807) is 24.3 Å². The summed E-state index contributed by atoms with van der Waals surface area (Å²) >= 11 is 6.27. The second-order valence-corrected chi connectivity index (χ2v) is 6.65. The van der Waals surface area contributed by atoms with Gasteiger partial charge >= 0.3 is 12.6 Å². The summed E-state index contributed by atoms with van der Waals surface area (Å²) in [4.78, 5) is 11.3. The molecular weight excluding hydrogens is 392 g/mol. The van der Waals surface area contributed by atoms with Crippen LogP contribution < -0.4 is 9.47 Å². The van der Waals surface area contributed by atoms with E-state index in [2.05, 4.69) is 4.74 Å². The van der Waals surface area contributed by atoms with E-state index in [0.29, 0.717) is 22.9 Å². The molecule has 28 heavy (non-hydrogen) atoms. The Hall–Kier alpha value is -2.80. The number of nitrogens with zero attached hydrogens (tertiary/aromatic N) is 1. The molecule has 3 rings (SSSR count). The van der Waals surface area contributed by atoms with Gasteiger partial charge in [0.2, 0.25) is 0 Å². The number of hydrogen-bond donors (Lipinski definition) is 1. The van der Waals surface area contributed by atoms with Crippen LogP contribution in [-0.4, -0.2) is 29.4 Å². The van der Waals surface area contributed by atoms with Crippen LogP contribution in [0.4, 0.5) is 8.78 Å². The predicted octanol–water partition coefficient (Wildman–Crippen LogP) is 4.89. The van der Waals surface area contributed by atoms with Gasteiger partial charge in [-0.1, -0.05) is 23.7 Å². The topological polar surface area (TPSA) is 60.7 Å². The SMILES string of the molecule is COc1cc2c(CC(=O)O)c(C)n(Cc3ccc(OC(F)F)cc3)c2cc1Cl. The van der Waals surface area contributed by atoms with Gasteiger partial charge in [-0.3, -0.25) is 4.79 Å². The first-order valence-corrected chi connectivity index (χ1v) is 8.78. The standard InChI is InChI=1S/C20H18ClF2NO4/c1-11-14(8-19(25)26)15-7-18(27-2)16(21)9-17(15)24(11)10-12-3-5-13(6-4-12)28-20(22)23/h3-7,9,20H,8,10H2,1-2H3,(H,25,26). The van der Waals surface area contributed by atoms with Crippen molar-refractivity contribution in [3.8, 4) is 11.5 Å². The number of halogens is 3. The van der Waals surface area contributed by atoms with Gasteiger partial charge in [0.1, 0.15) is 11.5 Å². The number of carbonyl (C=O) groups is 1. The van der Waals surface area contributed by atoms with Crippen LogP contribution in [0.25, 0.3) is 10.9 Å². The number of carboxylic acids is 1. The quantitative estimate of drug-likeness (QED) is 0.603. The van der Waals surface area contributed by atoms with Crippen molar-refractivity contribution >= 4 is 28.5 Å². The Bertz CT molecular complexity index is 1020. The largest absolute Gasteiger partial charge is 0.495 e. The highest BCUT2D eigenvalue weighted by atomic mass is 35.5.